The van der Waals surface area contributed by atoms with Crippen LogP contribution in [0, 0.1) is 74.0 Å². The van der Waals surface area contributed by atoms with Crippen molar-refractivity contribution in [1.82, 2.24) is 5.32 Å². The molecule has 0 aliphatic carbocycles. The Morgan fingerprint density at radius 1 is 1.17 bits per heavy atom. The number of nitriles is 1. The average molecular weight is 721 g/mol. The van der Waals surface area contributed by atoms with Crippen molar-refractivity contribution in [2.45, 2.75) is 19.8 Å². The zero-order valence-electron chi connectivity index (χ0n) is 18.8. The van der Waals surface area contributed by atoms with E-state index in [1.165, 1.54) is 11.1 Å². The Hall–Kier alpha value is -2.71. The fourth-order valence-electron chi connectivity index (χ4n) is 2.97. The summed E-state index contributed by atoms with van der Waals surface area (Å²) >= 11 is 6.23. The number of benzene rings is 3. The van der Waals surface area contributed by atoms with Gasteiger partial charge < -0.3 is 17.3 Å². The van der Waals surface area contributed by atoms with Gasteiger partial charge in [0.1, 0.15) is 23.7 Å². The molecule has 0 saturated carbocycles. The molecule has 1 amide bonds. The second kappa shape index (κ2) is 14.6. The third-order valence-electron chi connectivity index (χ3n) is 4.67. The molecule has 0 radical (unpaired) electrons. The summed E-state index contributed by atoms with van der Waals surface area (Å²) in [5.74, 6) is -4.44. The fraction of sp³-hybridized carbons (Fsp3) is 0.154. The molecule has 3 aromatic carbocycles. The zero-order valence-corrected chi connectivity index (χ0v) is 23.7. The summed E-state index contributed by atoms with van der Waals surface area (Å²) in [6.45, 7) is 5.27. The van der Waals surface area contributed by atoms with Gasteiger partial charge in [-0.15, -0.1) is 34.9 Å². The average Bonchev–Trinajstić information content (AvgIpc) is 2.79. The number of halogens is 3. The zero-order chi connectivity index (χ0) is 25.3. The molecule has 0 aliphatic rings. The predicted octanol–water partition coefficient (Wildman–Crippen LogP) is 5.53. The number of carbonyl (C=O) groups excluding carboxylic acids is 1. The SMILES string of the molecule is O=C(O)CNC(=O)c1c(F)cccc1F.[CH2-]CCc1[c-]c(-c2ccc(C#N)cc2Cl)ccc1C.[U+2]. The Bertz CT molecular complexity index is 1230. The van der Waals surface area contributed by atoms with Crippen molar-refractivity contribution < 1.29 is 54.6 Å². The summed E-state index contributed by atoms with van der Waals surface area (Å²) in [4.78, 5) is 21.2. The van der Waals surface area contributed by atoms with Gasteiger partial charge in [0.25, 0.3) is 5.91 Å². The van der Waals surface area contributed by atoms with E-state index in [-0.39, 0.29) is 31.1 Å². The van der Waals surface area contributed by atoms with Gasteiger partial charge in [-0.3, -0.25) is 9.59 Å². The second-order valence-electron chi connectivity index (χ2n) is 7.12. The number of carboxylic acid groups (broad SMARTS) is 1. The predicted molar refractivity (Wildman–Crippen MR) is 125 cm³/mol. The Balaban J connectivity index is 0.000000350. The molecular weight excluding hydrogens is 700 g/mol. The van der Waals surface area contributed by atoms with Crippen molar-refractivity contribution in [3.05, 3.63) is 100 Å². The summed E-state index contributed by atoms with van der Waals surface area (Å²) in [5, 5.41) is 19.5. The normalized spacial score (nSPS) is 9.71. The number of nitrogens with one attached hydrogen (secondary N) is 1. The van der Waals surface area contributed by atoms with Crippen LogP contribution in [0.25, 0.3) is 11.1 Å². The van der Waals surface area contributed by atoms with Gasteiger partial charge in [0.15, 0.2) is 0 Å². The maximum Gasteiger partial charge on any atom is 2.00 e. The molecule has 178 valence electrons. The van der Waals surface area contributed by atoms with Gasteiger partial charge in [0.05, 0.1) is 11.6 Å². The van der Waals surface area contributed by atoms with Gasteiger partial charge in [-0.1, -0.05) is 48.7 Å². The first-order valence-corrected chi connectivity index (χ1v) is 10.5. The van der Waals surface area contributed by atoms with Crippen LogP contribution in [0.5, 0.6) is 0 Å². The van der Waals surface area contributed by atoms with Crippen LogP contribution in [0.1, 0.15) is 33.5 Å². The van der Waals surface area contributed by atoms with E-state index in [4.69, 9.17) is 22.0 Å². The first-order chi connectivity index (χ1) is 16.2. The maximum absolute atomic E-state index is 13.0. The standard InChI is InChI=1S/C17H14ClN.C9H7F2NO3.U/c1-3-4-14-10-15(7-5-12(14)2)16-8-6-13(11-19)9-17(16)18;10-5-2-1-3-6(11)8(5)9(15)12-4-7(13)14;/h5-9H,1,3-4H2,2H3;1-3H,4H2,(H,12,15)(H,13,14);/q-2;;+2. The molecule has 0 aromatic heterocycles. The number of carbonyl (C=O) groups is 2. The van der Waals surface area contributed by atoms with Gasteiger partial charge >= 0.3 is 37.1 Å². The molecule has 0 atom stereocenters. The largest absolute Gasteiger partial charge is 2.00 e. The number of carboxylic acids is 1. The Kier molecular flexibility index (Phi) is 12.7. The quantitative estimate of drug-likeness (QED) is 0.328. The molecule has 3 rings (SSSR count). The first-order valence-electron chi connectivity index (χ1n) is 10.1. The molecule has 35 heavy (non-hydrogen) atoms. The van der Waals surface area contributed by atoms with Crippen LogP contribution >= 0.6 is 11.6 Å². The molecule has 0 saturated heterocycles. The molecule has 9 heteroatoms. The minimum Gasteiger partial charge on any atom is -0.480 e. The molecule has 5 nitrogen and oxygen atoms in total. The van der Waals surface area contributed by atoms with Gasteiger partial charge in [0, 0.05) is 5.02 Å². The van der Waals surface area contributed by atoms with Gasteiger partial charge in [-0.05, 0) is 18.2 Å². The summed E-state index contributed by atoms with van der Waals surface area (Å²) in [5.41, 5.74) is 4.05. The van der Waals surface area contributed by atoms with E-state index in [2.05, 4.69) is 32.0 Å². The van der Waals surface area contributed by atoms with Gasteiger partial charge in [-0.25, -0.2) is 8.78 Å². The number of nitrogens with zero attached hydrogens (tertiary/aromatic N) is 1. The summed E-state index contributed by atoms with van der Waals surface area (Å²) < 4.78 is 26.0. The Labute approximate surface area is 231 Å². The van der Waals surface area contributed by atoms with Crippen molar-refractivity contribution in [2.75, 3.05) is 6.54 Å². The van der Waals surface area contributed by atoms with E-state index in [0.29, 0.717) is 10.6 Å². The molecular formula is C26H21ClF2N2O3U. The Morgan fingerprint density at radius 2 is 1.83 bits per heavy atom. The number of aryl methyl sites for hydroxylation is 2. The second-order valence-corrected chi connectivity index (χ2v) is 7.52. The minimum absolute atomic E-state index is 0. The van der Waals surface area contributed by atoms with Crippen LogP contribution in [-0.2, 0) is 11.2 Å². The summed E-state index contributed by atoms with van der Waals surface area (Å²) in [6, 6.07) is 17.8. The van der Waals surface area contributed by atoms with E-state index in [0.717, 1.165) is 42.2 Å². The fourth-order valence-corrected chi connectivity index (χ4v) is 3.25. The molecule has 2 N–H and O–H groups in total. The third kappa shape index (κ3) is 8.78. The van der Waals surface area contributed by atoms with E-state index >= 15 is 0 Å². The van der Waals surface area contributed by atoms with Crippen LogP contribution < -0.4 is 5.32 Å². The number of hydrogen-bond acceptors (Lipinski definition) is 3. The molecule has 0 heterocycles. The van der Waals surface area contributed by atoms with Crippen molar-refractivity contribution in [2.24, 2.45) is 0 Å². The summed E-state index contributed by atoms with van der Waals surface area (Å²) in [6.07, 6.45) is 1.76. The number of rotatable bonds is 6. The molecule has 0 unspecified atom stereocenters. The van der Waals surface area contributed by atoms with Crippen molar-refractivity contribution in [3.8, 4) is 17.2 Å². The van der Waals surface area contributed by atoms with E-state index in [1.54, 1.807) is 12.1 Å². The van der Waals surface area contributed by atoms with Gasteiger partial charge in [-0.2, -0.15) is 11.7 Å². The van der Waals surface area contributed by atoms with Crippen molar-refractivity contribution >= 4 is 23.5 Å². The van der Waals surface area contributed by atoms with E-state index in [1.807, 2.05) is 17.4 Å². The number of amides is 1. The maximum atomic E-state index is 13.0. The molecule has 0 spiro atoms. The van der Waals surface area contributed by atoms with Crippen LogP contribution in [0.3, 0.4) is 0 Å². The van der Waals surface area contributed by atoms with E-state index < -0.39 is 35.6 Å². The van der Waals surface area contributed by atoms with Gasteiger partial charge in [0.2, 0.25) is 0 Å². The first kappa shape index (κ1) is 30.3. The van der Waals surface area contributed by atoms with Crippen molar-refractivity contribution in [3.63, 3.8) is 0 Å². The van der Waals surface area contributed by atoms with Crippen molar-refractivity contribution in [1.29, 1.82) is 5.26 Å². The smallest absolute Gasteiger partial charge is 0.480 e. The molecule has 0 aliphatic heterocycles. The topological polar surface area (TPSA) is 90.2 Å². The number of hydrogen-bond donors (Lipinski definition) is 2. The third-order valence-corrected chi connectivity index (χ3v) is 4.98. The van der Waals surface area contributed by atoms with E-state index in [9.17, 15) is 18.4 Å². The van der Waals surface area contributed by atoms with Crippen LogP contribution in [0.4, 0.5) is 8.78 Å². The molecule has 3 aromatic rings. The number of aliphatic carboxylic acids is 1. The van der Waals surface area contributed by atoms with Crippen LogP contribution in [0.2, 0.25) is 5.02 Å². The molecule has 0 fully saturated rings. The minimum atomic E-state index is -1.29. The van der Waals surface area contributed by atoms with Crippen LogP contribution in [-0.4, -0.2) is 23.5 Å². The van der Waals surface area contributed by atoms with Crippen LogP contribution in [0.15, 0.2) is 48.5 Å². The summed E-state index contributed by atoms with van der Waals surface area (Å²) in [7, 11) is 0. The molecule has 0 bridgehead atoms. The monoisotopic (exact) mass is 720 g/mol. The Morgan fingerprint density at radius 3 is 2.37 bits per heavy atom.